The lowest BCUT2D eigenvalue weighted by Gasteiger charge is -2.15. The maximum Gasteiger partial charge on any atom is 0.128 e. The monoisotopic (exact) mass is 308 g/mol. The number of phenolic OH excluding ortho intramolecular Hbond substituents is 2. The summed E-state index contributed by atoms with van der Waals surface area (Å²) in [5, 5.41) is 20.3. The molecule has 2 N–H and O–H groups in total. The largest absolute Gasteiger partial charge is 0.508 e. The molecule has 23 heavy (non-hydrogen) atoms. The zero-order chi connectivity index (χ0) is 16.6. The molecular weight excluding hydrogens is 288 g/mol. The smallest absolute Gasteiger partial charge is 0.128 e. The first kappa shape index (κ1) is 15.2. The van der Waals surface area contributed by atoms with Crippen molar-refractivity contribution in [1.82, 2.24) is 9.55 Å². The Morgan fingerprint density at radius 1 is 1.04 bits per heavy atom. The van der Waals surface area contributed by atoms with Crippen LogP contribution in [-0.2, 0) is 0 Å². The molecule has 1 heterocycles. The second-order valence-electron chi connectivity index (χ2n) is 6.02. The molecule has 4 nitrogen and oxygen atoms in total. The van der Waals surface area contributed by atoms with Gasteiger partial charge < -0.3 is 10.2 Å². The first-order valence-corrected chi connectivity index (χ1v) is 7.63. The molecule has 2 aromatic carbocycles. The zero-order valence-electron chi connectivity index (χ0n) is 13.5. The van der Waals surface area contributed by atoms with Crippen LogP contribution in [0.15, 0.2) is 48.9 Å². The summed E-state index contributed by atoms with van der Waals surface area (Å²) < 4.78 is 1.95. The summed E-state index contributed by atoms with van der Waals surface area (Å²) in [6.07, 6.45) is 3.46. The van der Waals surface area contributed by atoms with E-state index in [1.54, 1.807) is 12.5 Å². The minimum absolute atomic E-state index is 0.0437. The Balaban J connectivity index is 2.20. The van der Waals surface area contributed by atoms with Crippen molar-refractivity contribution in [1.29, 1.82) is 0 Å². The molecule has 0 fully saturated rings. The fourth-order valence-electron chi connectivity index (χ4n) is 2.78. The minimum atomic E-state index is 0.0437. The predicted molar refractivity (Wildman–Crippen MR) is 91.2 cm³/mol. The molecule has 1 aromatic heterocycles. The lowest BCUT2D eigenvalue weighted by Crippen LogP contribution is -1.99. The van der Waals surface area contributed by atoms with Crippen molar-refractivity contribution in [3.05, 3.63) is 60.0 Å². The summed E-state index contributed by atoms with van der Waals surface area (Å²) in [5.41, 5.74) is 4.38. The average molecular weight is 308 g/mol. The summed E-state index contributed by atoms with van der Waals surface area (Å²) in [6, 6.07) is 11.3. The van der Waals surface area contributed by atoms with E-state index in [9.17, 15) is 10.2 Å². The first-order valence-electron chi connectivity index (χ1n) is 7.63. The van der Waals surface area contributed by atoms with Crippen LogP contribution in [0.5, 0.6) is 11.5 Å². The van der Waals surface area contributed by atoms with E-state index >= 15 is 0 Å². The van der Waals surface area contributed by atoms with E-state index in [1.807, 2.05) is 55.7 Å². The SMILES string of the molecule is Cc1ccccc1-n1cncc1-c1cc(C(C)C)c(O)cc1O. The predicted octanol–water partition coefficient (Wildman–Crippen LogP) is 4.38. The van der Waals surface area contributed by atoms with Crippen LogP contribution in [-0.4, -0.2) is 19.8 Å². The molecule has 0 unspecified atom stereocenters. The molecule has 0 atom stereocenters. The number of hydrogen-bond donors (Lipinski definition) is 2. The number of aromatic nitrogens is 2. The Morgan fingerprint density at radius 2 is 1.78 bits per heavy atom. The Morgan fingerprint density at radius 3 is 2.48 bits per heavy atom. The molecule has 0 spiro atoms. The van der Waals surface area contributed by atoms with Gasteiger partial charge in [-0.25, -0.2) is 4.98 Å². The summed E-state index contributed by atoms with van der Waals surface area (Å²) in [5.74, 6) is 0.314. The maximum atomic E-state index is 10.3. The van der Waals surface area contributed by atoms with Crippen molar-refractivity contribution >= 4 is 0 Å². The highest BCUT2D eigenvalue weighted by molar-refractivity contribution is 5.71. The van der Waals surface area contributed by atoms with Gasteiger partial charge in [-0.15, -0.1) is 0 Å². The van der Waals surface area contributed by atoms with Crippen LogP contribution in [0.4, 0.5) is 0 Å². The van der Waals surface area contributed by atoms with Gasteiger partial charge in [0.05, 0.1) is 23.9 Å². The number of aryl methyl sites for hydroxylation is 1. The Labute approximate surface area is 135 Å². The van der Waals surface area contributed by atoms with Crippen LogP contribution < -0.4 is 0 Å². The highest BCUT2D eigenvalue weighted by Gasteiger charge is 2.16. The number of benzene rings is 2. The van der Waals surface area contributed by atoms with Crippen LogP contribution in [0, 0.1) is 6.92 Å². The van der Waals surface area contributed by atoms with E-state index in [4.69, 9.17) is 0 Å². The Kier molecular flexibility index (Phi) is 3.82. The van der Waals surface area contributed by atoms with Gasteiger partial charge in [-0.2, -0.15) is 0 Å². The summed E-state index contributed by atoms with van der Waals surface area (Å²) >= 11 is 0. The van der Waals surface area contributed by atoms with Gasteiger partial charge in [0.1, 0.15) is 11.5 Å². The van der Waals surface area contributed by atoms with Gasteiger partial charge >= 0.3 is 0 Å². The van der Waals surface area contributed by atoms with E-state index in [1.165, 1.54) is 6.07 Å². The lowest BCUT2D eigenvalue weighted by molar-refractivity contribution is 0.445. The van der Waals surface area contributed by atoms with E-state index < -0.39 is 0 Å². The lowest BCUT2D eigenvalue weighted by atomic mass is 9.97. The number of para-hydroxylation sites is 1. The fraction of sp³-hybridized carbons (Fsp3) is 0.211. The second-order valence-corrected chi connectivity index (χ2v) is 6.02. The first-order chi connectivity index (χ1) is 11.0. The van der Waals surface area contributed by atoms with Crippen molar-refractivity contribution in [2.75, 3.05) is 0 Å². The average Bonchev–Trinajstić information content (AvgIpc) is 2.96. The third-order valence-electron chi connectivity index (χ3n) is 4.06. The quantitative estimate of drug-likeness (QED) is 0.755. The summed E-state index contributed by atoms with van der Waals surface area (Å²) in [4.78, 5) is 4.24. The number of aromatic hydroxyl groups is 2. The van der Waals surface area contributed by atoms with Gasteiger partial charge in [0.15, 0.2) is 0 Å². The van der Waals surface area contributed by atoms with Gasteiger partial charge in [0.25, 0.3) is 0 Å². The van der Waals surface area contributed by atoms with Gasteiger partial charge in [-0.3, -0.25) is 4.57 Å². The van der Waals surface area contributed by atoms with Gasteiger partial charge in [0.2, 0.25) is 0 Å². The molecule has 118 valence electrons. The molecule has 0 saturated carbocycles. The van der Waals surface area contributed by atoms with Crippen LogP contribution in [0.3, 0.4) is 0 Å². The number of phenols is 2. The fourth-order valence-corrected chi connectivity index (χ4v) is 2.78. The Hall–Kier alpha value is -2.75. The van der Waals surface area contributed by atoms with Crippen LogP contribution >= 0.6 is 0 Å². The third kappa shape index (κ3) is 2.68. The molecular formula is C19H20N2O2. The molecule has 0 bridgehead atoms. The van der Waals surface area contributed by atoms with Crippen LogP contribution in [0.1, 0.15) is 30.9 Å². The molecule has 0 saturated heterocycles. The molecule has 3 aromatic rings. The molecule has 0 aliphatic rings. The topological polar surface area (TPSA) is 58.3 Å². The molecule has 0 amide bonds. The van der Waals surface area contributed by atoms with Gasteiger partial charge in [-0.05, 0) is 36.1 Å². The van der Waals surface area contributed by atoms with Crippen molar-refractivity contribution in [3.8, 4) is 28.4 Å². The van der Waals surface area contributed by atoms with E-state index in [0.29, 0.717) is 5.56 Å². The number of imidazole rings is 1. The number of rotatable bonds is 3. The summed E-state index contributed by atoms with van der Waals surface area (Å²) in [6.45, 7) is 6.05. The molecule has 0 radical (unpaired) electrons. The Bertz CT molecular complexity index is 850. The van der Waals surface area contributed by atoms with Crippen molar-refractivity contribution < 1.29 is 10.2 Å². The van der Waals surface area contributed by atoms with Crippen molar-refractivity contribution in [2.24, 2.45) is 0 Å². The number of hydrogen-bond acceptors (Lipinski definition) is 3. The molecule has 3 rings (SSSR count). The normalized spacial score (nSPS) is 11.1. The maximum absolute atomic E-state index is 10.3. The minimum Gasteiger partial charge on any atom is -0.508 e. The molecule has 4 heteroatoms. The van der Waals surface area contributed by atoms with Gasteiger partial charge in [-0.1, -0.05) is 32.0 Å². The van der Waals surface area contributed by atoms with Gasteiger partial charge in [0, 0.05) is 11.6 Å². The van der Waals surface area contributed by atoms with Crippen LogP contribution in [0.2, 0.25) is 0 Å². The standard InChI is InChI=1S/C19H20N2O2/c1-12(2)14-8-15(19(23)9-18(14)22)17-10-20-11-21(17)16-7-5-4-6-13(16)3/h4-12,22-23H,1-3H3. The van der Waals surface area contributed by atoms with Crippen LogP contribution in [0.25, 0.3) is 16.9 Å². The van der Waals surface area contributed by atoms with Crippen molar-refractivity contribution in [2.45, 2.75) is 26.7 Å². The highest BCUT2D eigenvalue weighted by Crippen LogP contribution is 2.38. The zero-order valence-corrected chi connectivity index (χ0v) is 13.5. The molecule has 0 aliphatic heterocycles. The van der Waals surface area contributed by atoms with E-state index in [0.717, 1.165) is 22.5 Å². The number of nitrogens with zero attached hydrogens (tertiary/aromatic N) is 2. The van der Waals surface area contributed by atoms with E-state index in [2.05, 4.69) is 4.98 Å². The summed E-state index contributed by atoms with van der Waals surface area (Å²) in [7, 11) is 0. The van der Waals surface area contributed by atoms with Crippen molar-refractivity contribution in [3.63, 3.8) is 0 Å². The second kappa shape index (κ2) is 5.80. The highest BCUT2D eigenvalue weighted by atomic mass is 16.3. The molecule has 0 aliphatic carbocycles. The third-order valence-corrected chi connectivity index (χ3v) is 4.06. The van der Waals surface area contributed by atoms with E-state index in [-0.39, 0.29) is 17.4 Å².